The number of carbonyl (C=O) groups excluding carboxylic acids is 3. The SMILES string of the molecule is COc1ccc(/C=N\NC(=O)C(=O)Nc2ccccc2Cl)cc1C(=O)[O-]. The standard InChI is InChI=1S/C17H14ClN3O5/c1-26-14-7-6-10(8-11(14)17(24)25)9-19-21-16(23)15(22)20-13-5-3-2-4-12(13)18/h2-9H,1H3,(H,20,22)(H,21,23)(H,24,25)/p-1/b19-9-. The van der Waals surface area contributed by atoms with Crippen LogP contribution in [0.5, 0.6) is 5.75 Å². The molecule has 2 N–H and O–H groups in total. The highest BCUT2D eigenvalue weighted by Gasteiger charge is 2.14. The number of para-hydroxylation sites is 1. The van der Waals surface area contributed by atoms with Crippen LogP contribution in [0, 0.1) is 0 Å². The normalized spacial score (nSPS) is 10.4. The van der Waals surface area contributed by atoms with Crippen LogP contribution < -0.4 is 20.6 Å². The van der Waals surface area contributed by atoms with E-state index in [9.17, 15) is 19.5 Å². The van der Waals surface area contributed by atoms with Crippen LogP contribution in [0.2, 0.25) is 5.02 Å². The van der Waals surface area contributed by atoms with Crippen molar-refractivity contribution in [3.63, 3.8) is 0 Å². The van der Waals surface area contributed by atoms with Gasteiger partial charge in [0, 0.05) is 5.56 Å². The Morgan fingerprint density at radius 2 is 1.88 bits per heavy atom. The fourth-order valence-corrected chi connectivity index (χ4v) is 2.11. The van der Waals surface area contributed by atoms with Gasteiger partial charge in [-0.1, -0.05) is 23.7 Å². The summed E-state index contributed by atoms with van der Waals surface area (Å²) >= 11 is 5.88. The summed E-state index contributed by atoms with van der Waals surface area (Å²) in [5.41, 5.74) is 2.50. The summed E-state index contributed by atoms with van der Waals surface area (Å²) in [5, 5.41) is 17.3. The van der Waals surface area contributed by atoms with Crippen LogP contribution in [-0.4, -0.2) is 31.1 Å². The quantitative estimate of drug-likeness (QED) is 0.455. The van der Waals surface area contributed by atoms with Gasteiger partial charge in [-0.25, -0.2) is 5.43 Å². The molecule has 134 valence electrons. The van der Waals surface area contributed by atoms with Crippen LogP contribution in [0.15, 0.2) is 47.6 Å². The van der Waals surface area contributed by atoms with E-state index in [4.69, 9.17) is 16.3 Å². The molecule has 2 rings (SSSR count). The molecule has 0 aliphatic rings. The van der Waals surface area contributed by atoms with Crippen LogP contribution in [-0.2, 0) is 9.59 Å². The molecule has 0 radical (unpaired) electrons. The van der Waals surface area contributed by atoms with Crippen molar-refractivity contribution in [3.05, 3.63) is 58.6 Å². The highest BCUT2D eigenvalue weighted by atomic mass is 35.5. The van der Waals surface area contributed by atoms with Crippen molar-refractivity contribution in [1.82, 2.24) is 5.43 Å². The number of rotatable bonds is 5. The molecule has 0 unspecified atom stereocenters. The molecule has 2 aromatic carbocycles. The number of ether oxygens (including phenoxy) is 1. The number of hydrazone groups is 1. The maximum absolute atomic E-state index is 11.8. The summed E-state index contributed by atoms with van der Waals surface area (Å²) in [6.45, 7) is 0. The van der Waals surface area contributed by atoms with E-state index in [2.05, 4.69) is 10.4 Å². The second kappa shape index (κ2) is 8.63. The van der Waals surface area contributed by atoms with Gasteiger partial charge in [0.05, 0.1) is 30.0 Å². The Morgan fingerprint density at radius 1 is 1.15 bits per heavy atom. The summed E-state index contributed by atoms with van der Waals surface area (Å²) in [7, 11) is 1.33. The van der Waals surface area contributed by atoms with Gasteiger partial charge in [0.2, 0.25) is 0 Å². The minimum absolute atomic E-state index is 0.130. The lowest BCUT2D eigenvalue weighted by Gasteiger charge is -2.09. The zero-order chi connectivity index (χ0) is 19.1. The van der Waals surface area contributed by atoms with Gasteiger partial charge in [0.25, 0.3) is 0 Å². The third-order valence-corrected chi connectivity index (χ3v) is 3.48. The fourth-order valence-electron chi connectivity index (χ4n) is 1.92. The van der Waals surface area contributed by atoms with Crippen molar-refractivity contribution in [2.75, 3.05) is 12.4 Å². The second-order valence-electron chi connectivity index (χ2n) is 4.88. The molecule has 0 aliphatic heterocycles. The highest BCUT2D eigenvalue weighted by molar-refractivity contribution is 6.41. The van der Waals surface area contributed by atoms with E-state index in [0.717, 1.165) is 0 Å². The first kappa shape index (κ1) is 18.9. The third kappa shape index (κ3) is 4.81. The van der Waals surface area contributed by atoms with Crippen LogP contribution >= 0.6 is 11.6 Å². The lowest BCUT2D eigenvalue weighted by atomic mass is 10.1. The Bertz CT molecular complexity index is 882. The van der Waals surface area contributed by atoms with E-state index < -0.39 is 17.8 Å². The summed E-state index contributed by atoms with van der Waals surface area (Å²) in [6, 6.07) is 10.6. The van der Waals surface area contributed by atoms with E-state index in [1.165, 1.54) is 37.6 Å². The average molecular weight is 375 g/mol. The van der Waals surface area contributed by atoms with Gasteiger partial charge in [0.1, 0.15) is 5.75 Å². The molecular weight excluding hydrogens is 362 g/mol. The summed E-state index contributed by atoms with van der Waals surface area (Å²) in [4.78, 5) is 34.5. The van der Waals surface area contributed by atoms with Crippen LogP contribution in [0.1, 0.15) is 15.9 Å². The monoisotopic (exact) mass is 374 g/mol. The van der Waals surface area contributed by atoms with Gasteiger partial charge < -0.3 is 20.0 Å². The topological polar surface area (TPSA) is 120 Å². The van der Waals surface area contributed by atoms with Crippen molar-refractivity contribution in [3.8, 4) is 5.75 Å². The lowest BCUT2D eigenvalue weighted by Crippen LogP contribution is -2.32. The van der Waals surface area contributed by atoms with Crippen molar-refractivity contribution in [2.45, 2.75) is 0 Å². The fraction of sp³-hybridized carbons (Fsp3) is 0.0588. The van der Waals surface area contributed by atoms with E-state index in [0.29, 0.717) is 5.56 Å². The van der Waals surface area contributed by atoms with Crippen molar-refractivity contribution < 1.29 is 24.2 Å². The number of aromatic carboxylic acids is 1. The number of nitrogens with zero attached hydrogens (tertiary/aromatic N) is 1. The Balaban J connectivity index is 2.00. The minimum atomic E-state index is -1.42. The molecule has 26 heavy (non-hydrogen) atoms. The van der Waals surface area contributed by atoms with Crippen molar-refractivity contribution in [2.24, 2.45) is 5.10 Å². The van der Waals surface area contributed by atoms with Gasteiger partial charge in [-0.3, -0.25) is 9.59 Å². The molecular formula is C17H13ClN3O5-. The number of carbonyl (C=O) groups is 3. The zero-order valence-corrected chi connectivity index (χ0v) is 14.2. The van der Waals surface area contributed by atoms with Crippen LogP contribution in [0.4, 0.5) is 5.69 Å². The molecule has 0 bridgehead atoms. The molecule has 0 atom stereocenters. The predicted octanol–water partition coefficient (Wildman–Crippen LogP) is 0.801. The van der Waals surface area contributed by atoms with Gasteiger partial charge in [0.15, 0.2) is 0 Å². The zero-order valence-electron chi connectivity index (χ0n) is 13.5. The number of methoxy groups -OCH3 is 1. The number of amides is 2. The maximum atomic E-state index is 11.8. The Kier molecular flexibility index (Phi) is 6.29. The number of carboxylic acids is 1. The van der Waals surface area contributed by atoms with Crippen molar-refractivity contribution in [1.29, 1.82) is 0 Å². The number of carboxylic acid groups (broad SMARTS) is 1. The summed E-state index contributed by atoms with van der Waals surface area (Å²) in [6.07, 6.45) is 1.17. The van der Waals surface area contributed by atoms with Gasteiger partial charge in [-0.15, -0.1) is 0 Å². The van der Waals surface area contributed by atoms with Gasteiger partial charge in [-0.2, -0.15) is 5.10 Å². The van der Waals surface area contributed by atoms with E-state index in [1.807, 2.05) is 5.43 Å². The Morgan fingerprint density at radius 3 is 2.54 bits per heavy atom. The number of hydrogen-bond acceptors (Lipinski definition) is 6. The van der Waals surface area contributed by atoms with Crippen LogP contribution in [0.3, 0.4) is 0 Å². The molecule has 0 saturated heterocycles. The first-order valence-electron chi connectivity index (χ1n) is 7.20. The molecule has 0 heterocycles. The Hall–Kier alpha value is -3.39. The van der Waals surface area contributed by atoms with E-state index >= 15 is 0 Å². The molecule has 2 aromatic rings. The first-order chi connectivity index (χ1) is 12.4. The average Bonchev–Trinajstić information content (AvgIpc) is 2.63. The third-order valence-electron chi connectivity index (χ3n) is 3.15. The molecule has 2 amide bonds. The largest absolute Gasteiger partial charge is 0.545 e. The summed E-state index contributed by atoms with van der Waals surface area (Å²) < 4.78 is 4.90. The molecule has 0 fully saturated rings. The molecule has 0 aromatic heterocycles. The van der Waals surface area contributed by atoms with Gasteiger partial charge in [-0.05, 0) is 35.9 Å². The first-order valence-corrected chi connectivity index (χ1v) is 7.58. The summed E-state index contributed by atoms with van der Waals surface area (Å²) in [5.74, 6) is -3.26. The number of anilines is 1. The van der Waals surface area contributed by atoms with Crippen molar-refractivity contribution >= 4 is 41.3 Å². The molecule has 0 spiro atoms. The number of nitrogens with one attached hydrogen (secondary N) is 2. The second-order valence-corrected chi connectivity index (χ2v) is 5.29. The maximum Gasteiger partial charge on any atom is 0.329 e. The molecule has 8 nitrogen and oxygen atoms in total. The smallest absolute Gasteiger partial charge is 0.329 e. The van der Waals surface area contributed by atoms with E-state index in [1.54, 1.807) is 18.2 Å². The highest BCUT2D eigenvalue weighted by Crippen LogP contribution is 2.20. The number of halogens is 1. The van der Waals surface area contributed by atoms with Crippen LogP contribution in [0.25, 0.3) is 0 Å². The molecule has 0 aliphatic carbocycles. The minimum Gasteiger partial charge on any atom is -0.545 e. The number of benzene rings is 2. The van der Waals surface area contributed by atoms with Gasteiger partial charge >= 0.3 is 11.8 Å². The predicted molar refractivity (Wildman–Crippen MR) is 93.1 cm³/mol. The number of hydrogen-bond donors (Lipinski definition) is 2. The molecule has 9 heteroatoms. The Labute approximate surface area is 153 Å². The molecule has 0 saturated carbocycles. The van der Waals surface area contributed by atoms with E-state index in [-0.39, 0.29) is 22.0 Å². The lowest BCUT2D eigenvalue weighted by molar-refractivity contribution is -0.255.